The van der Waals surface area contributed by atoms with Gasteiger partial charge in [0.15, 0.2) is 0 Å². The maximum Gasteiger partial charge on any atom is 0.261 e. The Bertz CT molecular complexity index is 848. The lowest BCUT2D eigenvalue weighted by Gasteiger charge is -2.11. The van der Waals surface area contributed by atoms with Gasteiger partial charge in [-0.25, -0.2) is 9.37 Å². The van der Waals surface area contributed by atoms with Crippen LogP contribution in [0.1, 0.15) is 6.92 Å². The van der Waals surface area contributed by atoms with Crippen molar-refractivity contribution in [2.75, 3.05) is 0 Å². The lowest BCUT2D eigenvalue weighted by molar-refractivity contribution is 0.628. The van der Waals surface area contributed by atoms with Gasteiger partial charge in [-0.1, -0.05) is 12.1 Å². The molecule has 3 aromatic rings. The van der Waals surface area contributed by atoms with Crippen LogP contribution in [0, 0.1) is 5.82 Å². The summed E-state index contributed by atoms with van der Waals surface area (Å²) in [7, 11) is 0. The Hall–Kier alpha value is -2.53. The van der Waals surface area contributed by atoms with E-state index in [9.17, 15) is 9.18 Å². The first kappa shape index (κ1) is 16.8. The van der Waals surface area contributed by atoms with Gasteiger partial charge in [-0.3, -0.25) is 14.3 Å². The van der Waals surface area contributed by atoms with Crippen molar-refractivity contribution in [1.82, 2.24) is 14.5 Å². The van der Waals surface area contributed by atoms with Crippen LogP contribution in [0.3, 0.4) is 0 Å². The molecule has 1 aromatic carbocycles. The van der Waals surface area contributed by atoms with Gasteiger partial charge in [0, 0.05) is 24.5 Å². The lowest BCUT2D eigenvalue weighted by Crippen LogP contribution is -2.22. The van der Waals surface area contributed by atoms with Crippen LogP contribution in [0.25, 0.3) is 22.4 Å². The summed E-state index contributed by atoms with van der Waals surface area (Å²) in [6.07, 6.45) is 4.83. The molecule has 0 N–H and O–H groups in total. The van der Waals surface area contributed by atoms with Crippen molar-refractivity contribution in [2.45, 2.75) is 13.5 Å². The molecule has 0 fully saturated rings. The van der Waals surface area contributed by atoms with E-state index >= 15 is 0 Å². The van der Waals surface area contributed by atoms with Crippen LogP contribution in [0.2, 0.25) is 0 Å². The van der Waals surface area contributed by atoms with Crippen LogP contribution in [0.4, 0.5) is 4.39 Å². The molecule has 0 radical (unpaired) electrons. The number of rotatable bonds is 3. The summed E-state index contributed by atoms with van der Waals surface area (Å²) in [6, 6.07) is 9.47. The Morgan fingerprint density at radius 1 is 1.04 bits per heavy atom. The van der Waals surface area contributed by atoms with Crippen molar-refractivity contribution in [3.8, 4) is 22.4 Å². The lowest BCUT2D eigenvalue weighted by atomic mass is 10.0. The molecule has 2 heterocycles. The van der Waals surface area contributed by atoms with E-state index in [1.54, 1.807) is 36.7 Å². The maximum atomic E-state index is 13.2. The molecule has 0 aliphatic rings. The third kappa shape index (κ3) is 3.29. The first-order valence-corrected chi connectivity index (χ1v) is 6.96. The number of pyridine rings is 1. The fourth-order valence-corrected chi connectivity index (χ4v) is 2.32. The van der Waals surface area contributed by atoms with Crippen molar-refractivity contribution in [1.29, 1.82) is 0 Å². The molecule has 118 valence electrons. The minimum absolute atomic E-state index is 0. The van der Waals surface area contributed by atoms with E-state index in [0.29, 0.717) is 23.4 Å². The topological polar surface area (TPSA) is 47.8 Å². The second-order valence-electron chi connectivity index (χ2n) is 4.80. The van der Waals surface area contributed by atoms with Gasteiger partial charge in [0.2, 0.25) is 0 Å². The molecule has 0 atom stereocenters. The third-order valence-corrected chi connectivity index (χ3v) is 3.47. The number of aromatic nitrogens is 3. The molecule has 3 rings (SSSR count). The fourth-order valence-electron chi connectivity index (χ4n) is 2.32. The molecule has 0 aliphatic heterocycles. The molecular formula is C17H15ClFN3O. The minimum atomic E-state index is -0.339. The van der Waals surface area contributed by atoms with Gasteiger partial charge >= 0.3 is 0 Å². The summed E-state index contributed by atoms with van der Waals surface area (Å²) < 4.78 is 14.7. The first-order valence-electron chi connectivity index (χ1n) is 6.96. The summed E-state index contributed by atoms with van der Waals surface area (Å²) in [5.74, 6) is -0.339. The van der Waals surface area contributed by atoms with E-state index in [2.05, 4.69) is 9.97 Å². The van der Waals surface area contributed by atoms with Crippen LogP contribution >= 0.6 is 12.4 Å². The summed E-state index contributed by atoms with van der Waals surface area (Å²) in [6.45, 7) is 2.40. The zero-order valence-electron chi connectivity index (χ0n) is 12.4. The average molecular weight is 332 g/mol. The first-order chi connectivity index (χ1) is 10.7. The number of hydrogen-bond acceptors (Lipinski definition) is 3. The van der Waals surface area contributed by atoms with Crippen LogP contribution in [-0.2, 0) is 6.54 Å². The summed E-state index contributed by atoms with van der Waals surface area (Å²) in [5.41, 5.74) is 2.35. The highest BCUT2D eigenvalue weighted by atomic mass is 35.5. The molecule has 0 aliphatic carbocycles. The summed E-state index contributed by atoms with van der Waals surface area (Å²) in [4.78, 5) is 21.1. The number of nitrogens with zero attached hydrogens (tertiary/aromatic N) is 3. The number of hydrogen-bond donors (Lipinski definition) is 0. The monoisotopic (exact) mass is 331 g/mol. The molecule has 0 bridgehead atoms. The Morgan fingerprint density at radius 3 is 2.30 bits per heavy atom. The largest absolute Gasteiger partial charge is 0.299 e. The zero-order valence-corrected chi connectivity index (χ0v) is 13.3. The number of aryl methyl sites for hydroxylation is 1. The molecule has 0 saturated carbocycles. The normalized spacial score (nSPS) is 10.2. The Kier molecular flexibility index (Phi) is 5.24. The van der Waals surface area contributed by atoms with Gasteiger partial charge in [-0.05, 0) is 36.8 Å². The predicted octanol–water partition coefficient (Wildman–Crippen LogP) is 3.55. The van der Waals surface area contributed by atoms with Crippen LogP contribution in [0.5, 0.6) is 0 Å². The second kappa shape index (κ2) is 7.15. The van der Waals surface area contributed by atoms with E-state index in [1.807, 2.05) is 6.92 Å². The molecule has 4 nitrogen and oxygen atoms in total. The van der Waals surface area contributed by atoms with Crippen molar-refractivity contribution < 1.29 is 4.39 Å². The molecule has 23 heavy (non-hydrogen) atoms. The molecule has 0 spiro atoms. The Labute approximate surface area is 139 Å². The molecular weight excluding hydrogens is 317 g/mol. The Balaban J connectivity index is 0.00000192. The highest BCUT2D eigenvalue weighted by molar-refractivity contribution is 5.85. The van der Waals surface area contributed by atoms with Crippen molar-refractivity contribution in [3.63, 3.8) is 0 Å². The SMILES string of the molecule is CCn1cnc(-c2ccncc2)c(-c2ccc(F)cc2)c1=O.Cl. The van der Waals surface area contributed by atoms with Crippen molar-refractivity contribution in [3.05, 3.63) is 71.3 Å². The molecule has 0 amide bonds. The van der Waals surface area contributed by atoms with Gasteiger partial charge in [0.25, 0.3) is 5.56 Å². The van der Waals surface area contributed by atoms with Gasteiger partial charge < -0.3 is 0 Å². The van der Waals surface area contributed by atoms with Crippen molar-refractivity contribution >= 4 is 12.4 Å². The summed E-state index contributed by atoms with van der Waals surface area (Å²) in [5, 5.41) is 0. The van der Waals surface area contributed by atoms with Gasteiger partial charge in [0.1, 0.15) is 5.82 Å². The quantitative estimate of drug-likeness (QED) is 0.737. The van der Waals surface area contributed by atoms with E-state index in [1.165, 1.54) is 23.0 Å². The fraction of sp³-hybridized carbons (Fsp3) is 0.118. The third-order valence-electron chi connectivity index (χ3n) is 3.47. The average Bonchev–Trinajstić information content (AvgIpc) is 2.56. The second-order valence-corrected chi connectivity index (χ2v) is 4.80. The van der Waals surface area contributed by atoms with E-state index < -0.39 is 0 Å². The Morgan fingerprint density at radius 2 is 1.70 bits per heavy atom. The highest BCUT2D eigenvalue weighted by Gasteiger charge is 2.15. The standard InChI is InChI=1S/C17H14FN3O.ClH/c1-2-21-11-20-16(13-7-9-19-10-8-13)15(17(21)22)12-3-5-14(18)6-4-12;/h3-11H,2H2,1H3;1H. The van der Waals surface area contributed by atoms with Crippen LogP contribution in [0.15, 0.2) is 59.9 Å². The minimum Gasteiger partial charge on any atom is -0.299 e. The van der Waals surface area contributed by atoms with Gasteiger partial charge in [-0.15, -0.1) is 12.4 Å². The van der Waals surface area contributed by atoms with Crippen molar-refractivity contribution in [2.24, 2.45) is 0 Å². The predicted molar refractivity (Wildman–Crippen MR) is 90.0 cm³/mol. The number of halogens is 2. The van der Waals surface area contributed by atoms with Crippen LogP contribution in [-0.4, -0.2) is 14.5 Å². The highest BCUT2D eigenvalue weighted by Crippen LogP contribution is 2.27. The van der Waals surface area contributed by atoms with Gasteiger partial charge in [0.05, 0.1) is 17.6 Å². The zero-order chi connectivity index (χ0) is 15.5. The van der Waals surface area contributed by atoms with E-state index in [0.717, 1.165) is 5.56 Å². The smallest absolute Gasteiger partial charge is 0.261 e. The maximum absolute atomic E-state index is 13.2. The van der Waals surface area contributed by atoms with E-state index in [-0.39, 0.29) is 23.8 Å². The number of benzene rings is 1. The summed E-state index contributed by atoms with van der Waals surface area (Å²) >= 11 is 0. The van der Waals surface area contributed by atoms with Crippen LogP contribution < -0.4 is 5.56 Å². The van der Waals surface area contributed by atoms with E-state index in [4.69, 9.17) is 0 Å². The molecule has 6 heteroatoms. The molecule has 0 saturated heterocycles. The van der Waals surface area contributed by atoms with Gasteiger partial charge in [-0.2, -0.15) is 0 Å². The molecule has 0 unspecified atom stereocenters. The molecule has 2 aromatic heterocycles.